The Morgan fingerprint density at radius 3 is 1.88 bits per heavy atom. The first-order chi connectivity index (χ1) is 15.7. The molecule has 0 unspecified atom stereocenters. The number of Topliss-reactive ketones (excluding diaryl/α,β-unsaturated/α-hetero) is 2. The fourth-order valence-corrected chi connectivity index (χ4v) is 4.88. The van der Waals surface area contributed by atoms with Crippen molar-refractivity contribution in [1.82, 2.24) is 0 Å². The van der Waals surface area contributed by atoms with E-state index in [0.29, 0.717) is 28.7 Å². The van der Waals surface area contributed by atoms with Crippen LogP contribution < -0.4 is 0 Å². The number of fused-ring (bicyclic) bond motifs is 1. The summed E-state index contributed by atoms with van der Waals surface area (Å²) in [4.78, 5) is 25.5. The van der Waals surface area contributed by atoms with E-state index in [1.165, 1.54) is 56.9 Å². The Labute approximate surface area is 202 Å². The fourth-order valence-electron chi connectivity index (χ4n) is 4.88. The first kappa shape index (κ1) is 27.3. The molecule has 1 aliphatic rings. The molecule has 0 spiro atoms. The molecule has 0 saturated heterocycles. The third-order valence-corrected chi connectivity index (χ3v) is 7.28. The van der Waals surface area contributed by atoms with Crippen LogP contribution in [0.3, 0.4) is 0 Å². The summed E-state index contributed by atoms with van der Waals surface area (Å²) in [5, 5.41) is 0. The summed E-state index contributed by atoms with van der Waals surface area (Å²) in [7, 11) is 0. The molecule has 2 atom stereocenters. The van der Waals surface area contributed by atoms with Gasteiger partial charge in [0.25, 0.3) is 0 Å². The van der Waals surface area contributed by atoms with E-state index < -0.39 is 0 Å². The van der Waals surface area contributed by atoms with Crippen molar-refractivity contribution in [3.05, 3.63) is 58.2 Å². The van der Waals surface area contributed by atoms with Crippen LogP contribution in [0.25, 0.3) is 0 Å². The van der Waals surface area contributed by atoms with Gasteiger partial charge in [-0.3, -0.25) is 9.59 Å². The number of hydrogen-bond acceptors (Lipinski definition) is 2. The Hall–Kier alpha value is -1.96. The zero-order valence-electron chi connectivity index (χ0n) is 22.0. The van der Waals surface area contributed by atoms with E-state index in [-0.39, 0.29) is 11.6 Å². The maximum absolute atomic E-state index is 12.9. The van der Waals surface area contributed by atoms with Crippen LogP contribution in [0, 0.1) is 17.8 Å². The van der Waals surface area contributed by atoms with Crippen LogP contribution in [0.15, 0.2) is 47.1 Å². The van der Waals surface area contributed by atoms with Gasteiger partial charge < -0.3 is 0 Å². The highest BCUT2D eigenvalue weighted by Gasteiger charge is 2.28. The number of carbonyl (C=O) groups is 2. The van der Waals surface area contributed by atoms with E-state index in [9.17, 15) is 9.59 Å². The van der Waals surface area contributed by atoms with Crippen LogP contribution in [0.1, 0.15) is 126 Å². The second-order valence-corrected chi connectivity index (χ2v) is 10.9. The van der Waals surface area contributed by atoms with Crippen molar-refractivity contribution in [3.63, 3.8) is 0 Å². The third-order valence-electron chi connectivity index (χ3n) is 7.28. The largest absolute Gasteiger partial charge is 0.289 e. The molecule has 0 fully saturated rings. The van der Waals surface area contributed by atoms with Gasteiger partial charge in [-0.05, 0) is 50.9 Å². The fraction of sp³-hybridized carbons (Fsp3) is 0.613. The minimum Gasteiger partial charge on any atom is -0.289 e. The second kappa shape index (κ2) is 13.7. The van der Waals surface area contributed by atoms with Crippen LogP contribution in [-0.2, 0) is 0 Å². The molecule has 1 aromatic rings. The highest BCUT2D eigenvalue weighted by molar-refractivity contribution is 6.26. The van der Waals surface area contributed by atoms with Gasteiger partial charge in [0.1, 0.15) is 0 Å². The van der Waals surface area contributed by atoms with Gasteiger partial charge in [-0.1, -0.05) is 109 Å². The quantitative estimate of drug-likeness (QED) is 0.265. The SMILES string of the molecule is CC1=C(C/C=C(\C)CCC[C@@H](C)CCC[C@@H](C)CCCC(C)C)C(=O)c2ccccc2C1=O. The minimum atomic E-state index is -0.00526. The molecule has 0 N–H and O–H groups in total. The number of hydrogen-bond donors (Lipinski definition) is 0. The molecule has 182 valence electrons. The van der Waals surface area contributed by atoms with Crippen molar-refractivity contribution in [1.29, 1.82) is 0 Å². The Balaban J connectivity index is 1.71. The van der Waals surface area contributed by atoms with Gasteiger partial charge in [0.2, 0.25) is 0 Å². The smallest absolute Gasteiger partial charge is 0.190 e. The van der Waals surface area contributed by atoms with Crippen LogP contribution >= 0.6 is 0 Å². The molecule has 2 heteroatoms. The lowest BCUT2D eigenvalue weighted by molar-refractivity contribution is 0.0973. The lowest BCUT2D eigenvalue weighted by Crippen LogP contribution is -2.20. The number of ketones is 2. The van der Waals surface area contributed by atoms with Crippen LogP contribution in [-0.4, -0.2) is 11.6 Å². The Morgan fingerprint density at radius 2 is 1.30 bits per heavy atom. The molecular formula is C31H46O2. The predicted molar refractivity (Wildman–Crippen MR) is 141 cm³/mol. The molecule has 0 amide bonds. The van der Waals surface area contributed by atoms with Gasteiger partial charge in [0.05, 0.1) is 0 Å². The molecule has 0 bridgehead atoms. The Kier molecular flexibility index (Phi) is 11.3. The molecule has 0 saturated carbocycles. The van der Waals surface area contributed by atoms with Crippen molar-refractivity contribution in [2.45, 2.75) is 106 Å². The summed E-state index contributed by atoms with van der Waals surface area (Å²) in [5.74, 6) is 2.48. The molecule has 2 nitrogen and oxygen atoms in total. The van der Waals surface area contributed by atoms with Gasteiger partial charge in [-0.2, -0.15) is 0 Å². The van der Waals surface area contributed by atoms with Gasteiger partial charge >= 0.3 is 0 Å². The highest BCUT2D eigenvalue weighted by atomic mass is 16.1. The first-order valence-electron chi connectivity index (χ1n) is 13.2. The minimum absolute atomic E-state index is 0.00526. The normalized spacial score (nSPS) is 16.4. The van der Waals surface area contributed by atoms with Crippen LogP contribution in [0.2, 0.25) is 0 Å². The molecule has 2 rings (SSSR count). The molecular weight excluding hydrogens is 404 g/mol. The summed E-state index contributed by atoms with van der Waals surface area (Å²) in [6.45, 7) is 13.4. The molecule has 0 radical (unpaired) electrons. The highest BCUT2D eigenvalue weighted by Crippen LogP contribution is 2.29. The van der Waals surface area contributed by atoms with Crippen molar-refractivity contribution < 1.29 is 9.59 Å². The average Bonchev–Trinajstić information content (AvgIpc) is 2.77. The Morgan fingerprint density at radius 1 is 0.788 bits per heavy atom. The van der Waals surface area contributed by atoms with E-state index in [2.05, 4.69) is 40.7 Å². The standard InChI is InChI=1S/C31H46O2/c1-22(2)12-9-13-23(3)14-10-15-24(4)16-11-17-25(5)20-21-27-26(6)30(32)28-18-7-8-19-29(28)31(27)33/h7-8,18-20,22-24H,9-17,21H2,1-6H3/b25-20+/t23-,24-/m0/s1. The molecule has 33 heavy (non-hydrogen) atoms. The summed E-state index contributed by atoms with van der Waals surface area (Å²) >= 11 is 0. The topological polar surface area (TPSA) is 34.1 Å². The number of carbonyl (C=O) groups excluding carboxylic acids is 2. The van der Waals surface area contributed by atoms with Gasteiger partial charge in [-0.25, -0.2) is 0 Å². The molecule has 0 heterocycles. The van der Waals surface area contributed by atoms with E-state index in [4.69, 9.17) is 0 Å². The first-order valence-corrected chi connectivity index (χ1v) is 13.2. The van der Waals surface area contributed by atoms with Crippen molar-refractivity contribution in [2.24, 2.45) is 17.8 Å². The number of benzene rings is 1. The summed E-state index contributed by atoms with van der Waals surface area (Å²) in [5.41, 5.74) is 3.68. The zero-order chi connectivity index (χ0) is 24.4. The molecule has 0 aromatic heterocycles. The van der Waals surface area contributed by atoms with Crippen molar-refractivity contribution >= 4 is 11.6 Å². The second-order valence-electron chi connectivity index (χ2n) is 10.9. The van der Waals surface area contributed by atoms with Gasteiger partial charge in [0, 0.05) is 22.3 Å². The van der Waals surface area contributed by atoms with Crippen LogP contribution in [0.5, 0.6) is 0 Å². The summed E-state index contributed by atoms with van der Waals surface area (Å²) < 4.78 is 0. The number of allylic oxidation sites excluding steroid dienone is 4. The molecule has 1 aliphatic carbocycles. The van der Waals surface area contributed by atoms with E-state index >= 15 is 0 Å². The predicted octanol–water partition coefficient (Wildman–Crippen LogP) is 9.16. The van der Waals surface area contributed by atoms with Gasteiger partial charge in [-0.15, -0.1) is 0 Å². The monoisotopic (exact) mass is 450 g/mol. The Bertz CT molecular complexity index is 855. The van der Waals surface area contributed by atoms with E-state index in [1.54, 1.807) is 19.1 Å². The zero-order valence-corrected chi connectivity index (χ0v) is 22.0. The summed E-state index contributed by atoms with van der Waals surface area (Å²) in [6.07, 6.45) is 14.4. The third kappa shape index (κ3) is 8.72. The molecule has 0 aliphatic heterocycles. The summed E-state index contributed by atoms with van der Waals surface area (Å²) in [6, 6.07) is 7.18. The average molecular weight is 451 g/mol. The number of rotatable bonds is 14. The molecule has 1 aromatic carbocycles. The lowest BCUT2D eigenvalue weighted by Gasteiger charge is -2.18. The van der Waals surface area contributed by atoms with Crippen molar-refractivity contribution in [3.8, 4) is 0 Å². The van der Waals surface area contributed by atoms with Gasteiger partial charge in [0.15, 0.2) is 11.6 Å². The lowest BCUT2D eigenvalue weighted by atomic mass is 9.83. The van der Waals surface area contributed by atoms with E-state index in [0.717, 1.165) is 24.2 Å². The van der Waals surface area contributed by atoms with Crippen molar-refractivity contribution in [2.75, 3.05) is 0 Å². The maximum atomic E-state index is 12.9. The maximum Gasteiger partial charge on any atom is 0.190 e. The van der Waals surface area contributed by atoms with E-state index in [1.807, 2.05) is 12.1 Å². The van der Waals surface area contributed by atoms with Crippen LogP contribution in [0.4, 0.5) is 0 Å².